The molecule has 0 bridgehead atoms. The van der Waals surface area contributed by atoms with Crippen LogP contribution in [0.25, 0.3) is 0 Å². The third-order valence-electron chi connectivity index (χ3n) is 5.13. The Hall–Kier alpha value is -1.68. The van der Waals surface area contributed by atoms with E-state index in [9.17, 15) is 0 Å². The average molecular weight is 512 g/mol. The molecule has 0 radical (unpaired) electrons. The number of aryl methyl sites for hydroxylation is 6. The second-order valence-electron chi connectivity index (χ2n) is 8.09. The van der Waals surface area contributed by atoms with Gasteiger partial charge in [0.2, 0.25) is 0 Å². The molecule has 1 aliphatic rings. The molecule has 3 rings (SSSR count). The van der Waals surface area contributed by atoms with Crippen LogP contribution in [0, 0.1) is 41.5 Å². The van der Waals surface area contributed by atoms with Gasteiger partial charge in [-0.2, -0.15) is 0 Å². The van der Waals surface area contributed by atoms with E-state index in [2.05, 4.69) is 95.4 Å². The predicted molar refractivity (Wildman–Crippen MR) is 138 cm³/mol. The Labute approximate surface area is 207 Å². The summed E-state index contributed by atoms with van der Waals surface area (Å²) in [6, 6.07) is 8.81. The monoisotopic (exact) mass is 511 g/mol. The first kappa shape index (κ1) is 26.6. The molecular weight excluding hydrogens is 481 g/mol. The van der Waals surface area contributed by atoms with E-state index in [4.69, 9.17) is 30.2 Å². The Morgan fingerprint density at radius 3 is 1.31 bits per heavy atom. The molecule has 2 unspecified atom stereocenters. The third-order valence-corrected chi connectivity index (χ3v) is 5.13. The number of benzene rings is 2. The molecule has 1 N–H and O–H groups in total. The number of hydrogen-bond donors (Lipinski definition) is 1. The molecule has 6 heteroatoms. The van der Waals surface area contributed by atoms with Crippen molar-refractivity contribution in [3.05, 3.63) is 82.0 Å². The van der Waals surface area contributed by atoms with Gasteiger partial charge in [-0.15, -0.1) is 0 Å². The minimum absolute atomic E-state index is 0.0433. The van der Waals surface area contributed by atoms with E-state index in [0.29, 0.717) is 0 Å². The van der Waals surface area contributed by atoms with Gasteiger partial charge in [0.25, 0.3) is 0 Å². The molecule has 0 aromatic heterocycles. The molecule has 2 aromatic rings. The fraction of sp³-hybridized carbons (Fsp3) is 0.308. The number of rotatable bonds is 4. The molecule has 0 amide bonds. The van der Waals surface area contributed by atoms with Crippen molar-refractivity contribution in [1.29, 1.82) is 0 Å². The van der Waals surface area contributed by atoms with Gasteiger partial charge in [0.05, 0.1) is 23.5 Å². The Morgan fingerprint density at radius 1 is 0.688 bits per heavy atom. The summed E-state index contributed by atoms with van der Waals surface area (Å²) < 4.78 is 0. The van der Waals surface area contributed by atoms with Gasteiger partial charge >= 0.3 is 33.3 Å². The summed E-state index contributed by atoms with van der Waals surface area (Å²) in [5.41, 5.74) is 9.48. The number of allylic oxidation sites excluding steroid dienone is 2. The van der Waals surface area contributed by atoms with Gasteiger partial charge in [-0.3, -0.25) is 15.3 Å². The van der Waals surface area contributed by atoms with Crippen LogP contribution in [-0.2, 0) is 13.1 Å². The van der Waals surface area contributed by atoms with Gasteiger partial charge in [-0.25, -0.2) is 0 Å². The van der Waals surface area contributed by atoms with Crippen molar-refractivity contribution in [3.63, 3.8) is 0 Å². The second-order valence-corrected chi connectivity index (χ2v) is 9.91. The SMILES string of the molecule is Cc1cc(C)c(N=CC2C=CC=CC(C=Nc3c(C)cc(C)cc3C)N2)c(C)c1.[Cl][Fe][Cl]. The van der Waals surface area contributed by atoms with E-state index in [1.54, 1.807) is 0 Å². The van der Waals surface area contributed by atoms with Crippen LogP contribution < -0.4 is 5.32 Å². The summed E-state index contributed by atoms with van der Waals surface area (Å²) in [6.45, 7) is 12.7. The van der Waals surface area contributed by atoms with E-state index in [1.165, 1.54) is 33.4 Å². The van der Waals surface area contributed by atoms with Crippen LogP contribution in [0.1, 0.15) is 33.4 Å². The van der Waals surface area contributed by atoms with Crippen molar-refractivity contribution in [1.82, 2.24) is 5.32 Å². The van der Waals surface area contributed by atoms with Crippen LogP contribution in [-0.4, -0.2) is 24.5 Å². The van der Waals surface area contributed by atoms with Gasteiger partial charge in [0.15, 0.2) is 0 Å². The summed E-state index contributed by atoms with van der Waals surface area (Å²) in [4.78, 5) is 9.58. The zero-order valence-corrected chi connectivity index (χ0v) is 22.0. The van der Waals surface area contributed by atoms with Gasteiger partial charge in [0.1, 0.15) is 0 Å². The molecule has 2 atom stereocenters. The maximum atomic E-state index is 4.79. The molecule has 0 saturated carbocycles. The van der Waals surface area contributed by atoms with Crippen molar-refractivity contribution in [3.8, 4) is 0 Å². The molecule has 0 spiro atoms. The van der Waals surface area contributed by atoms with E-state index in [-0.39, 0.29) is 25.2 Å². The number of hydrogen-bond acceptors (Lipinski definition) is 3. The summed E-state index contributed by atoms with van der Waals surface area (Å²) in [5, 5.41) is 3.58. The van der Waals surface area contributed by atoms with Gasteiger partial charge in [-0.05, 0) is 63.8 Å². The first-order valence-electron chi connectivity index (χ1n) is 10.5. The molecule has 3 nitrogen and oxygen atoms in total. The Morgan fingerprint density at radius 2 is 1.00 bits per heavy atom. The Balaban J connectivity index is 0.00000114. The van der Waals surface area contributed by atoms with Crippen LogP contribution in [0.2, 0.25) is 0 Å². The molecule has 0 saturated heterocycles. The van der Waals surface area contributed by atoms with Crippen LogP contribution in [0.15, 0.2) is 58.6 Å². The van der Waals surface area contributed by atoms with Crippen LogP contribution in [0.5, 0.6) is 0 Å². The molecule has 172 valence electrons. The zero-order chi connectivity index (χ0) is 23.7. The first-order chi connectivity index (χ1) is 15.2. The molecule has 0 fully saturated rings. The minimum atomic E-state index is 0.0433. The quantitative estimate of drug-likeness (QED) is 0.335. The normalized spacial score (nSPS) is 18.2. The second kappa shape index (κ2) is 13.1. The fourth-order valence-electron chi connectivity index (χ4n) is 3.95. The maximum absolute atomic E-state index is 4.79. The predicted octanol–water partition coefficient (Wildman–Crippen LogP) is 7.47. The average Bonchev–Trinajstić information content (AvgIpc) is 2.92. The summed E-state index contributed by atoms with van der Waals surface area (Å²) in [6.07, 6.45) is 12.3. The van der Waals surface area contributed by atoms with E-state index < -0.39 is 0 Å². The van der Waals surface area contributed by atoms with E-state index >= 15 is 0 Å². The Kier molecular flexibility index (Phi) is 10.9. The molecule has 1 aliphatic heterocycles. The summed E-state index contributed by atoms with van der Waals surface area (Å²) in [5.74, 6) is 0. The summed E-state index contributed by atoms with van der Waals surface area (Å²) in [7, 11) is 9.53. The van der Waals surface area contributed by atoms with Crippen molar-refractivity contribution in [2.24, 2.45) is 9.98 Å². The topological polar surface area (TPSA) is 36.8 Å². The van der Waals surface area contributed by atoms with Gasteiger partial charge < -0.3 is 0 Å². The van der Waals surface area contributed by atoms with Crippen molar-refractivity contribution in [2.45, 2.75) is 53.6 Å². The van der Waals surface area contributed by atoms with Crippen LogP contribution in [0.4, 0.5) is 11.4 Å². The molecule has 2 aromatic carbocycles. The van der Waals surface area contributed by atoms with Crippen LogP contribution >= 0.6 is 20.2 Å². The molecular formula is C26H31Cl2FeN3. The number of nitrogens with zero attached hydrogens (tertiary/aromatic N) is 2. The fourth-order valence-corrected chi connectivity index (χ4v) is 3.95. The molecule has 0 aliphatic carbocycles. The molecule has 32 heavy (non-hydrogen) atoms. The number of nitrogens with one attached hydrogen (secondary N) is 1. The third kappa shape index (κ3) is 8.03. The van der Waals surface area contributed by atoms with Crippen molar-refractivity contribution < 1.29 is 13.1 Å². The number of halogens is 2. The molecule has 1 heterocycles. The first-order valence-corrected chi connectivity index (χ1v) is 13.5. The number of aliphatic imine (C=N–C) groups is 2. The standard InChI is InChI=1S/C26H31N3.2ClH.Fe/c1-17-11-19(3)25(20(4)12-17)27-15-23-9-7-8-10-24(29-23)16-28-26-21(5)13-18(2)14-22(26)6;;;/h7-16,23-24,29H,1-6H3;2*1H;/q;;;+2/p-2. The van der Waals surface area contributed by atoms with Crippen LogP contribution in [0.3, 0.4) is 0 Å². The van der Waals surface area contributed by atoms with Crippen molar-refractivity contribution in [2.75, 3.05) is 0 Å². The zero-order valence-electron chi connectivity index (χ0n) is 19.4. The van der Waals surface area contributed by atoms with E-state index in [1.807, 2.05) is 12.4 Å². The van der Waals surface area contributed by atoms with Crippen molar-refractivity contribution >= 4 is 44.0 Å². The van der Waals surface area contributed by atoms with E-state index in [0.717, 1.165) is 11.4 Å². The van der Waals surface area contributed by atoms with Gasteiger partial charge in [-0.1, -0.05) is 59.7 Å². The Bertz CT molecular complexity index is 914. The summed E-state index contributed by atoms with van der Waals surface area (Å²) >= 11 is 0.194. The van der Waals surface area contributed by atoms with Gasteiger partial charge in [0, 0.05) is 12.4 Å².